The Hall–Kier alpha value is -0.530. The third-order valence-electron chi connectivity index (χ3n) is 2.60. The summed E-state index contributed by atoms with van der Waals surface area (Å²) in [5, 5.41) is 0. The van der Waals surface area contributed by atoms with Crippen LogP contribution in [0.5, 0.6) is 0 Å². The Kier molecular flexibility index (Phi) is 3.57. The monoisotopic (exact) mass is 170 g/mol. The molecule has 1 aliphatic rings. The second kappa shape index (κ2) is 4.48. The number of hydrogen-bond acceptors (Lipinski definition) is 2. The van der Waals surface area contributed by atoms with E-state index in [0.717, 1.165) is 6.42 Å². The molecule has 0 N–H and O–H groups in total. The van der Waals surface area contributed by atoms with Crippen LogP contribution < -0.4 is 0 Å². The van der Waals surface area contributed by atoms with Gasteiger partial charge in [0.1, 0.15) is 6.10 Å². The van der Waals surface area contributed by atoms with Crippen LogP contribution in [0, 0.1) is 5.92 Å². The topological polar surface area (TPSA) is 26.3 Å². The molecule has 1 saturated carbocycles. The Morgan fingerprint density at radius 2 is 2.08 bits per heavy atom. The lowest BCUT2D eigenvalue weighted by molar-refractivity contribution is -0.152. The second-order valence-electron chi connectivity index (χ2n) is 3.64. The van der Waals surface area contributed by atoms with Crippen LogP contribution in [0.25, 0.3) is 0 Å². The van der Waals surface area contributed by atoms with Gasteiger partial charge in [0.15, 0.2) is 0 Å². The first-order valence-electron chi connectivity index (χ1n) is 4.93. The van der Waals surface area contributed by atoms with E-state index in [1.807, 2.05) is 6.92 Å². The van der Waals surface area contributed by atoms with Gasteiger partial charge in [-0.1, -0.05) is 20.3 Å². The van der Waals surface area contributed by atoms with E-state index < -0.39 is 0 Å². The highest BCUT2D eigenvalue weighted by atomic mass is 16.5. The number of rotatable bonds is 2. The van der Waals surface area contributed by atoms with Gasteiger partial charge in [-0.25, -0.2) is 0 Å². The molecule has 2 unspecified atom stereocenters. The number of carbonyl (C=O) groups excluding carboxylic acids is 1. The van der Waals surface area contributed by atoms with Crippen LogP contribution in [0.3, 0.4) is 0 Å². The van der Waals surface area contributed by atoms with Crippen molar-refractivity contribution in [3.05, 3.63) is 0 Å². The molecule has 2 nitrogen and oxygen atoms in total. The van der Waals surface area contributed by atoms with Crippen molar-refractivity contribution in [1.82, 2.24) is 0 Å². The van der Waals surface area contributed by atoms with Crippen molar-refractivity contribution in [1.29, 1.82) is 0 Å². The molecule has 0 saturated heterocycles. The van der Waals surface area contributed by atoms with Gasteiger partial charge >= 0.3 is 5.97 Å². The van der Waals surface area contributed by atoms with Gasteiger partial charge in [-0.05, 0) is 25.2 Å². The molecule has 1 aliphatic carbocycles. The molecule has 0 spiro atoms. The molecule has 2 heteroatoms. The lowest BCUT2D eigenvalue weighted by atomic mass is 9.88. The normalized spacial score (nSPS) is 29.8. The van der Waals surface area contributed by atoms with Crippen LogP contribution in [0.15, 0.2) is 0 Å². The molecule has 0 aromatic heterocycles. The third kappa shape index (κ3) is 2.50. The maximum Gasteiger partial charge on any atom is 0.305 e. The molecule has 0 bridgehead atoms. The largest absolute Gasteiger partial charge is 0.462 e. The van der Waals surface area contributed by atoms with Crippen LogP contribution in [-0.2, 0) is 9.53 Å². The lowest BCUT2D eigenvalue weighted by Gasteiger charge is -2.28. The summed E-state index contributed by atoms with van der Waals surface area (Å²) in [7, 11) is 0. The van der Waals surface area contributed by atoms with Gasteiger partial charge in [0.25, 0.3) is 0 Å². The zero-order valence-electron chi connectivity index (χ0n) is 8.01. The summed E-state index contributed by atoms with van der Waals surface area (Å²) in [6, 6.07) is 0. The third-order valence-corrected chi connectivity index (χ3v) is 2.60. The summed E-state index contributed by atoms with van der Waals surface area (Å²) in [6.07, 6.45) is 5.48. The summed E-state index contributed by atoms with van der Waals surface area (Å²) < 4.78 is 5.31. The first kappa shape index (κ1) is 9.56. The summed E-state index contributed by atoms with van der Waals surface area (Å²) in [4.78, 5) is 11.0. The minimum Gasteiger partial charge on any atom is -0.462 e. The maximum absolute atomic E-state index is 11.0. The second-order valence-corrected chi connectivity index (χ2v) is 3.64. The molecule has 0 aromatic rings. The van der Waals surface area contributed by atoms with E-state index in [0.29, 0.717) is 12.3 Å². The summed E-state index contributed by atoms with van der Waals surface area (Å²) in [6.45, 7) is 4.02. The molecule has 2 atom stereocenters. The standard InChI is InChI=1S/C10H18O2/c1-3-10(11)12-9-7-5-4-6-8(9)2/h8-9H,3-7H2,1-2H3. The summed E-state index contributed by atoms with van der Waals surface area (Å²) in [5.41, 5.74) is 0. The molecule has 0 aromatic carbocycles. The average molecular weight is 170 g/mol. The minimum absolute atomic E-state index is 0.0475. The van der Waals surface area contributed by atoms with Gasteiger partial charge in [-0.15, -0.1) is 0 Å². The van der Waals surface area contributed by atoms with Gasteiger partial charge in [0.2, 0.25) is 0 Å². The fraction of sp³-hybridized carbons (Fsp3) is 0.900. The van der Waals surface area contributed by atoms with E-state index in [1.165, 1.54) is 19.3 Å². The Morgan fingerprint density at radius 1 is 1.42 bits per heavy atom. The molecule has 12 heavy (non-hydrogen) atoms. The fourth-order valence-corrected chi connectivity index (χ4v) is 1.71. The van der Waals surface area contributed by atoms with Crippen molar-refractivity contribution in [3.63, 3.8) is 0 Å². The molecule has 70 valence electrons. The zero-order valence-corrected chi connectivity index (χ0v) is 8.01. The van der Waals surface area contributed by atoms with Crippen LogP contribution in [0.4, 0.5) is 0 Å². The Balaban J connectivity index is 2.33. The zero-order chi connectivity index (χ0) is 8.97. The van der Waals surface area contributed by atoms with Crippen LogP contribution >= 0.6 is 0 Å². The molecule has 1 fully saturated rings. The van der Waals surface area contributed by atoms with E-state index >= 15 is 0 Å². The number of hydrogen-bond donors (Lipinski definition) is 0. The number of carbonyl (C=O) groups is 1. The van der Waals surface area contributed by atoms with Gasteiger partial charge < -0.3 is 4.74 Å². The Bertz CT molecular complexity index is 154. The highest BCUT2D eigenvalue weighted by Crippen LogP contribution is 2.26. The molecular weight excluding hydrogens is 152 g/mol. The summed E-state index contributed by atoms with van der Waals surface area (Å²) >= 11 is 0. The lowest BCUT2D eigenvalue weighted by Crippen LogP contribution is -2.27. The van der Waals surface area contributed by atoms with Gasteiger partial charge in [0, 0.05) is 6.42 Å². The minimum atomic E-state index is -0.0475. The molecule has 0 heterocycles. The quantitative estimate of drug-likeness (QED) is 0.595. The van der Waals surface area contributed by atoms with Crippen molar-refractivity contribution < 1.29 is 9.53 Å². The molecule has 1 rings (SSSR count). The highest BCUT2D eigenvalue weighted by Gasteiger charge is 2.23. The van der Waals surface area contributed by atoms with E-state index in [4.69, 9.17) is 4.74 Å². The Labute approximate surface area is 74.3 Å². The average Bonchev–Trinajstić information content (AvgIpc) is 2.09. The Morgan fingerprint density at radius 3 is 2.67 bits per heavy atom. The fourth-order valence-electron chi connectivity index (χ4n) is 1.71. The first-order chi connectivity index (χ1) is 5.74. The van der Waals surface area contributed by atoms with Crippen molar-refractivity contribution >= 4 is 5.97 Å². The number of esters is 1. The highest BCUT2D eigenvalue weighted by molar-refractivity contribution is 5.69. The molecule has 0 amide bonds. The van der Waals surface area contributed by atoms with Gasteiger partial charge in [-0.3, -0.25) is 4.79 Å². The SMILES string of the molecule is CCC(=O)OC1CCCCC1C. The van der Waals surface area contributed by atoms with E-state index in [2.05, 4.69) is 6.92 Å². The van der Waals surface area contributed by atoms with Crippen molar-refractivity contribution in [2.75, 3.05) is 0 Å². The predicted molar refractivity (Wildman–Crippen MR) is 47.8 cm³/mol. The molecular formula is C10H18O2. The molecule has 0 aliphatic heterocycles. The number of ether oxygens (including phenoxy) is 1. The summed E-state index contributed by atoms with van der Waals surface area (Å²) in [5.74, 6) is 0.517. The van der Waals surface area contributed by atoms with E-state index in [1.54, 1.807) is 0 Å². The smallest absolute Gasteiger partial charge is 0.305 e. The predicted octanol–water partition coefficient (Wildman–Crippen LogP) is 2.52. The van der Waals surface area contributed by atoms with Crippen molar-refractivity contribution in [3.8, 4) is 0 Å². The molecule has 0 radical (unpaired) electrons. The van der Waals surface area contributed by atoms with Crippen LogP contribution in [0.1, 0.15) is 46.0 Å². The van der Waals surface area contributed by atoms with Crippen LogP contribution in [0.2, 0.25) is 0 Å². The van der Waals surface area contributed by atoms with Crippen molar-refractivity contribution in [2.45, 2.75) is 52.1 Å². The first-order valence-corrected chi connectivity index (χ1v) is 4.93. The maximum atomic E-state index is 11.0. The van der Waals surface area contributed by atoms with Gasteiger partial charge in [0.05, 0.1) is 0 Å². The van der Waals surface area contributed by atoms with E-state index in [9.17, 15) is 4.79 Å². The van der Waals surface area contributed by atoms with Gasteiger partial charge in [-0.2, -0.15) is 0 Å². The van der Waals surface area contributed by atoms with Crippen molar-refractivity contribution in [2.24, 2.45) is 5.92 Å². The van der Waals surface area contributed by atoms with E-state index in [-0.39, 0.29) is 12.1 Å². The van der Waals surface area contributed by atoms with Crippen LogP contribution in [-0.4, -0.2) is 12.1 Å².